The van der Waals surface area contributed by atoms with Crippen LogP contribution in [0.4, 0.5) is 27.6 Å². The summed E-state index contributed by atoms with van der Waals surface area (Å²) in [6, 6.07) is 9.34. The summed E-state index contributed by atoms with van der Waals surface area (Å²) in [5.74, 6) is -6.69. The van der Waals surface area contributed by atoms with E-state index in [9.17, 15) is 44.8 Å². The first kappa shape index (κ1) is 29.9. The number of fused-ring (bicyclic) bond motifs is 2. The zero-order valence-corrected chi connectivity index (χ0v) is 22.5. The second-order valence-electron chi connectivity index (χ2n) is 10.1. The van der Waals surface area contributed by atoms with Gasteiger partial charge in [-0.05, 0) is 60.2 Å². The monoisotopic (exact) mass is 620 g/mol. The van der Waals surface area contributed by atoms with Crippen molar-refractivity contribution in [1.82, 2.24) is 5.32 Å². The van der Waals surface area contributed by atoms with Crippen LogP contribution in [-0.2, 0) is 14.6 Å². The molecule has 1 saturated carbocycles. The molecule has 2 aliphatic rings. The number of halogens is 5. The summed E-state index contributed by atoms with van der Waals surface area (Å²) in [5, 5.41) is 14.1. The van der Waals surface area contributed by atoms with Gasteiger partial charge in [0, 0.05) is 23.4 Å². The third-order valence-corrected chi connectivity index (χ3v) is 9.00. The number of benzene rings is 3. The second kappa shape index (κ2) is 10.9. The quantitative estimate of drug-likeness (QED) is 0.247. The van der Waals surface area contributed by atoms with E-state index in [1.54, 1.807) is 12.2 Å². The zero-order valence-electron chi connectivity index (χ0n) is 21.7. The Morgan fingerprint density at radius 1 is 0.884 bits per heavy atom. The number of allylic oxidation sites excluding steroid dienone is 1. The number of anilines is 1. The van der Waals surface area contributed by atoms with Gasteiger partial charge in [-0.1, -0.05) is 30.4 Å². The molecule has 0 aliphatic heterocycles. The topological polar surface area (TPSA) is 130 Å². The number of nitrogens with one attached hydrogen (secondary N) is 2. The Morgan fingerprint density at radius 2 is 1.56 bits per heavy atom. The number of sulfone groups is 1. The number of carbonyl (C=O) groups excluding carboxylic acids is 2. The molecule has 2 aliphatic carbocycles. The standard InChI is InChI=1S/C29H21F5N2O6S/c30-22-13-23(31)21(12-20(22)14-4-6-15(7-5-14)28(39)40)26(37)36-25-17-9-8-16(10-17)24(25)27(38)35-18-2-1-3-19(11-18)43(41,42)29(32,33)34/h1-9,11-13,16-17,24-25H,10H2,(H,35,38)(H,36,37)(H,39,40)/t16-,17+,24+,25-/m0/s1. The molecular weight excluding hydrogens is 599 g/mol. The van der Waals surface area contributed by atoms with Gasteiger partial charge in [0.2, 0.25) is 5.91 Å². The van der Waals surface area contributed by atoms with Crippen molar-refractivity contribution in [2.45, 2.75) is 22.9 Å². The molecular formula is C29H21F5N2O6S. The Bertz CT molecular complexity index is 1770. The highest BCUT2D eigenvalue weighted by Crippen LogP contribution is 2.44. The van der Waals surface area contributed by atoms with Crippen LogP contribution in [0.2, 0.25) is 0 Å². The normalized spacial score (nSPS) is 21.0. The predicted molar refractivity (Wildman–Crippen MR) is 143 cm³/mol. The average Bonchev–Trinajstić information content (AvgIpc) is 3.55. The summed E-state index contributed by atoms with van der Waals surface area (Å²) in [5.41, 5.74) is -6.33. The van der Waals surface area contributed by atoms with Crippen molar-refractivity contribution in [3.63, 3.8) is 0 Å². The molecule has 14 heteroatoms. The fourth-order valence-corrected chi connectivity index (χ4v) is 6.25. The van der Waals surface area contributed by atoms with Crippen molar-refractivity contribution in [3.8, 4) is 11.1 Å². The van der Waals surface area contributed by atoms with Gasteiger partial charge in [0.1, 0.15) is 11.6 Å². The number of carboxylic acids is 1. The molecule has 3 aromatic carbocycles. The molecule has 43 heavy (non-hydrogen) atoms. The van der Waals surface area contributed by atoms with Crippen LogP contribution in [0.5, 0.6) is 0 Å². The molecule has 5 rings (SSSR count). The number of rotatable bonds is 7. The molecule has 0 heterocycles. The van der Waals surface area contributed by atoms with Crippen molar-refractivity contribution in [2.24, 2.45) is 17.8 Å². The van der Waals surface area contributed by atoms with Crippen LogP contribution < -0.4 is 10.6 Å². The molecule has 0 unspecified atom stereocenters. The summed E-state index contributed by atoms with van der Waals surface area (Å²) >= 11 is 0. The van der Waals surface area contributed by atoms with Gasteiger partial charge in [-0.15, -0.1) is 0 Å². The third kappa shape index (κ3) is 5.61. The van der Waals surface area contributed by atoms with E-state index < -0.39 is 67.2 Å². The smallest absolute Gasteiger partial charge is 0.478 e. The lowest BCUT2D eigenvalue weighted by atomic mass is 9.87. The number of carboxylic acid groups (broad SMARTS) is 1. The zero-order chi connectivity index (χ0) is 31.3. The first-order chi connectivity index (χ1) is 20.2. The Labute approximate surface area is 241 Å². The molecule has 224 valence electrons. The number of aromatic carboxylic acids is 1. The third-order valence-electron chi connectivity index (χ3n) is 7.52. The lowest BCUT2D eigenvalue weighted by Crippen LogP contribution is -2.47. The van der Waals surface area contributed by atoms with Gasteiger partial charge < -0.3 is 15.7 Å². The lowest BCUT2D eigenvalue weighted by molar-refractivity contribution is -0.121. The summed E-state index contributed by atoms with van der Waals surface area (Å²) < 4.78 is 92.0. The SMILES string of the molecule is O=C(O)c1ccc(-c2cc(C(=O)N[C@@H]3[C@H](C(=O)Nc4cccc(S(=O)(=O)C(F)(F)F)c4)[C@H]4C=C[C@@H]3C4)c(F)cc2F)cc1. The predicted octanol–water partition coefficient (Wildman–Crippen LogP) is 5.18. The van der Waals surface area contributed by atoms with E-state index in [1.165, 1.54) is 30.3 Å². The van der Waals surface area contributed by atoms with Crippen LogP contribution >= 0.6 is 0 Å². The summed E-state index contributed by atoms with van der Waals surface area (Å²) in [6.45, 7) is 0. The van der Waals surface area contributed by atoms with Crippen molar-refractivity contribution < 1.29 is 49.9 Å². The highest BCUT2D eigenvalue weighted by Gasteiger charge is 2.49. The molecule has 3 N–H and O–H groups in total. The summed E-state index contributed by atoms with van der Waals surface area (Å²) in [4.78, 5) is 36.6. The molecule has 8 nitrogen and oxygen atoms in total. The van der Waals surface area contributed by atoms with Crippen molar-refractivity contribution in [2.75, 3.05) is 5.32 Å². The fraction of sp³-hybridized carbons (Fsp3) is 0.207. The highest BCUT2D eigenvalue weighted by atomic mass is 32.2. The van der Waals surface area contributed by atoms with Gasteiger partial charge in [0.05, 0.1) is 21.9 Å². The lowest BCUT2D eigenvalue weighted by Gasteiger charge is -2.28. The van der Waals surface area contributed by atoms with Crippen molar-refractivity contribution in [1.29, 1.82) is 0 Å². The molecule has 0 saturated heterocycles. The number of alkyl halides is 3. The maximum Gasteiger partial charge on any atom is 0.501 e. The largest absolute Gasteiger partial charge is 0.501 e. The van der Waals surface area contributed by atoms with E-state index in [2.05, 4.69) is 10.6 Å². The number of amides is 2. The van der Waals surface area contributed by atoms with Gasteiger partial charge in [-0.3, -0.25) is 9.59 Å². The van der Waals surface area contributed by atoms with Crippen LogP contribution in [0.25, 0.3) is 11.1 Å². The average molecular weight is 621 g/mol. The highest BCUT2D eigenvalue weighted by molar-refractivity contribution is 7.92. The van der Waals surface area contributed by atoms with E-state index >= 15 is 0 Å². The van der Waals surface area contributed by atoms with Gasteiger partial charge >= 0.3 is 11.5 Å². The Kier molecular flexibility index (Phi) is 7.59. The van der Waals surface area contributed by atoms with E-state index in [0.29, 0.717) is 18.6 Å². The number of carbonyl (C=O) groups is 3. The minimum absolute atomic E-state index is 0.0633. The van der Waals surface area contributed by atoms with E-state index in [-0.39, 0.29) is 34.2 Å². The maximum absolute atomic E-state index is 14.8. The maximum atomic E-state index is 14.8. The molecule has 0 radical (unpaired) electrons. The Hall–Kier alpha value is -4.59. The summed E-state index contributed by atoms with van der Waals surface area (Å²) in [7, 11) is -5.66. The van der Waals surface area contributed by atoms with Crippen LogP contribution in [0.15, 0.2) is 77.7 Å². The fourth-order valence-electron chi connectivity index (χ4n) is 5.44. The second-order valence-corrected chi connectivity index (χ2v) is 12.1. The molecule has 4 atom stereocenters. The number of hydrogen-bond donors (Lipinski definition) is 3. The van der Waals surface area contributed by atoms with Gasteiger partial charge in [0.25, 0.3) is 15.7 Å². The Morgan fingerprint density at radius 3 is 2.21 bits per heavy atom. The van der Waals surface area contributed by atoms with Gasteiger partial charge in [-0.2, -0.15) is 13.2 Å². The number of hydrogen-bond acceptors (Lipinski definition) is 5. The molecule has 2 amide bonds. The van der Waals surface area contributed by atoms with Crippen LogP contribution in [-0.4, -0.2) is 42.9 Å². The van der Waals surface area contributed by atoms with Crippen LogP contribution in [0.3, 0.4) is 0 Å². The van der Waals surface area contributed by atoms with Gasteiger partial charge in [-0.25, -0.2) is 22.0 Å². The Balaban J connectivity index is 1.38. The van der Waals surface area contributed by atoms with Crippen molar-refractivity contribution in [3.05, 3.63) is 95.6 Å². The summed E-state index contributed by atoms with van der Waals surface area (Å²) in [6.07, 6.45) is 3.96. The first-order valence-electron chi connectivity index (χ1n) is 12.7. The molecule has 0 aromatic heterocycles. The van der Waals surface area contributed by atoms with Crippen LogP contribution in [0.1, 0.15) is 27.1 Å². The molecule has 2 bridgehead atoms. The molecule has 1 fully saturated rings. The molecule has 3 aromatic rings. The minimum atomic E-state index is -5.66. The van der Waals surface area contributed by atoms with Crippen molar-refractivity contribution >= 4 is 33.3 Å². The van der Waals surface area contributed by atoms with E-state index in [1.807, 2.05) is 0 Å². The van der Waals surface area contributed by atoms with Gasteiger partial charge in [0.15, 0.2) is 0 Å². The van der Waals surface area contributed by atoms with Crippen LogP contribution in [0, 0.1) is 29.4 Å². The first-order valence-corrected chi connectivity index (χ1v) is 14.2. The molecule has 0 spiro atoms. The minimum Gasteiger partial charge on any atom is -0.478 e. The van der Waals surface area contributed by atoms with E-state index in [4.69, 9.17) is 5.11 Å². The van der Waals surface area contributed by atoms with E-state index in [0.717, 1.165) is 18.2 Å².